The summed E-state index contributed by atoms with van der Waals surface area (Å²) in [7, 11) is 0. The fraction of sp³-hybridized carbons (Fsp3) is 0.793. The van der Waals surface area contributed by atoms with E-state index in [-0.39, 0.29) is 12.5 Å². The van der Waals surface area contributed by atoms with Crippen LogP contribution in [0.2, 0.25) is 0 Å². The molecule has 0 spiro atoms. The van der Waals surface area contributed by atoms with E-state index in [1.807, 2.05) is 12.1 Å². The number of pyridine rings is 1. The molecule has 0 radical (unpaired) electrons. The molecule has 1 aromatic heterocycles. The van der Waals surface area contributed by atoms with Gasteiger partial charge in [-0.1, -0.05) is 84.0 Å². The molecule has 2 heterocycles. The van der Waals surface area contributed by atoms with Crippen LogP contribution in [-0.2, 0) is 4.84 Å². The molecule has 0 atom stereocenters. The van der Waals surface area contributed by atoms with Gasteiger partial charge in [0.25, 0.3) is 11.0 Å². The van der Waals surface area contributed by atoms with Gasteiger partial charge in [-0.15, -0.1) is 10.1 Å². The number of hydrogen-bond acceptors (Lipinski definition) is 7. The first-order valence-electron chi connectivity index (χ1n) is 15.1. The van der Waals surface area contributed by atoms with Crippen molar-refractivity contribution in [1.82, 2.24) is 15.2 Å². The second-order valence-electron chi connectivity index (χ2n) is 10.5. The molecule has 0 unspecified atom stereocenters. The molecule has 0 bridgehead atoms. The fourth-order valence-electron chi connectivity index (χ4n) is 5.02. The maximum Gasteiger partial charge on any atom is 0.294 e. The molecule has 1 N–H and O–H groups in total. The third kappa shape index (κ3) is 14.5. The predicted octanol–water partition coefficient (Wildman–Crippen LogP) is 6.01. The quantitative estimate of drug-likeness (QED) is 0.111. The maximum atomic E-state index is 12.4. The van der Waals surface area contributed by atoms with Gasteiger partial charge < -0.3 is 15.1 Å². The Hall–Kier alpha value is -2.42. The summed E-state index contributed by atoms with van der Waals surface area (Å²) < 4.78 is 0. The molecule has 1 amide bonds. The van der Waals surface area contributed by atoms with Crippen molar-refractivity contribution in [3.8, 4) is 0 Å². The van der Waals surface area contributed by atoms with Gasteiger partial charge in [0.2, 0.25) is 0 Å². The number of aromatic nitrogens is 1. The van der Waals surface area contributed by atoms with Gasteiger partial charge in [-0.3, -0.25) is 9.69 Å². The summed E-state index contributed by atoms with van der Waals surface area (Å²) in [5, 5.41) is 12.4. The van der Waals surface area contributed by atoms with Gasteiger partial charge in [0.15, 0.2) is 0 Å². The van der Waals surface area contributed by atoms with E-state index < -0.39 is 5.09 Å². The minimum atomic E-state index is -0.713. The lowest BCUT2D eigenvalue weighted by Crippen LogP contribution is -2.46. The van der Waals surface area contributed by atoms with Gasteiger partial charge in [-0.05, 0) is 37.9 Å². The van der Waals surface area contributed by atoms with Gasteiger partial charge in [0.1, 0.15) is 5.82 Å². The van der Waals surface area contributed by atoms with Crippen LogP contribution in [0.5, 0.6) is 0 Å². The van der Waals surface area contributed by atoms with Crippen LogP contribution in [-0.4, -0.2) is 66.8 Å². The highest BCUT2D eigenvalue weighted by Crippen LogP contribution is 2.15. The van der Waals surface area contributed by atoms with Crippen LogP contribution in [0, 0.1) is 10.1 Å². The van der Waals surface area contributed by atoms with Gasteiger partial charge >= 0.3 is 0 Å². The Kier molecular flexibility index (Phi) is 17.2. The zero-order valence-electron chi connectivity index (χ0n) is 23.7. The van der Waals surface area contributed by atoms with E-state index in [1.54, 1.807) is 6.20 Å². The molecule has 0 saturated carbocycles. The second kappa shape index (κ2) is 20.5. The number of carbonyl (C=O) groups excluding carboxylic acids is 1. The van der Waals surface area contributed by atoms with E-state index in [4.69, 9.17) is 0 Å². The van der Waals surface area contributed by atoms with Crippen molar-refractivity contribution < 1.29 is 14.7 Å². The highest BCUT2D eigenvalue weighted by atomic mass is 16.9. The van der Waals surface area contributed by atoms with Crippen molar-refractivity contribution in [2.24, 2.45) is 0 Å². The maximum absolute atomic E-state index is 12.4. The zero-order valence-corrected chi connectivity index (χ0v) is 23.7. The number of anilines is 1. The third-order valence-corrected chi connectivity index (χ3v) is 7.30. The van der Waals surface area contributed by atoms with Crippen LogP contribution >= 0.6 is 0 Å². The average molecular weight is 534 g/mol. The second-order valence-corrected chi connectivity index (χ2v) is 10.5. The molecule has 1 aromatic rings. The molecular formula is C29H51N5O4. The monoisotopic (exact) mass is 533 g/mol. The number of nitrogens with one attached hydrogen (secondary N) is 1. The normalized spacial score (nSPS) is 14.0. The Labute approximate surface area is 229 Å². The number of unbranched alkanes of at least 4 members (excludes halogenated alkanes) is 13. The lowest BCUT2D eigenvalue weighted by atomic mass is 10.0. The summed E-state index contributed by atoms with van der Waals surface area (Å²) in [5.74, 6) is 0.939. The molecule has 1 aliphatic heterocycles. The summed E-state index contributed by atoms with van der Waals surface area (Å²) in [6, 6.07) is 3.87. The van der Waals surface area contributed by atoms with Crippen LogP contribution in [0.25, 0.3) is 0 Å². The lowest BCUT2D eigenvalue weighted by Gasteiger charge is -2.35. The standard InChI is InChI=1S/C29H51N5O4/c1-2-20-32-21-23-33(24-22-32)28-18-17-27(26-31-28)29(35)30-19-15-13-11-9-7-5-3-4-6-8-10-12-14-16-25-38-34(36)37/h17-18,26H,2-16,19-25H2,1H3,(H,30,35). The highest BCUT2D eigenvalue weighted by molar-refractivity contribution is 5.94. The molecule has 2 rings (SSSR count). The molecule has 0 aliphatic carbocycles. The first-order valence-corrected chi connectivity index (χ1v) is 15.1. The zero-order chi connectivity index (χ0) is 27.3. The van der Waals surface area contributed by atoms with Crippen molar-refractivity contribution >= 4 is 11.7 Å². The van der Waals surface area contributed by atoms with Gasteiger partial charge in [-0.25, -0.2) is 4.98 Å². The SMILES string of the molecule is CCCN1CCN(c2ccc(C(=O)NCCCCCCCCCCCCCCCCO[N+](=O)[O-])cn2)CC1. The van der Waals surface area contributed by atoms with E-state index in [2.05, 4.69) is 31.9 Å². The van der Waals surface area contributed by atoms with Crippen molar-refractivity contribution in [3.05, 3.63) is 34.0 Å². The number of rotatable bonds is 22. The van der Waals surface area contributed by atoms with E-state index in [9.17, 15) is 14.9 Å². The van der Waals surface area contributed by atoms with Gasteiger partial charge in [0.05, 0.1) is 12.2 Å². The largest absolute Gasteiger partial charge is 0.354 e. The Morgan fingerprint density at radius 2 is 1.45 bits per heavy atom. The molecule has 1 aliphatic rings. The van der Waals surface area contributed by atoms with Crippen molar-refractivity contribution in [1.29, 1.82) is 0 Å². The molecule has 216 valence electrons. The predicted molar refractivity (Wildman–Crippen MR) is 153 cm³/mol. The van der Waals surface area contributed by atoms with Crippen LogP contribution in [0.3, 0.4) is 0 Å². The van der Waals surface area contributed by atoms with Crippen molar-refractivity contribution in [2.45, 2.75) is 103 Å². The minimum absolute atomic E-state index is 0.0272. The Balaban J connectivity index is 1.37. The third-order valence-electron chi connectivity index (χ3n) is 7.30. The molecule has 38 heavy (non-hydrogen) atoms. The molecular weight excluding hydrogens is 482 g/mol. The lowest BCUT2D eigenvalue weighted by molar-refractivity contribution is -0.757. The number of carbonyl (C=O) groups is 1. The molecule has 9 nitrogen and oxygen atoms in total. The number of nitrogens with zero attached hydrogens (tertiary/aromatic N) is 4. The number of hydrogen-bond donors (Lipinski definition) is 1. The summed E-state index contributed by atoms with van der Waals surface area (Å²) in [6.45, 7) is 8.48. The van der Waals surface area contributed by atoms with Crippen LogP contribution in [0.1, 0.15) is 114 Å². The van der Waals surface area contributed by atoms with Crippen LogP contribution < -0.4 is 10.2 Å². The Bertz CT molecular complexity index is 754. The van der Waals surface area contributed by atoms with Crippen molar-refractivity contribution in [3.63, 3.8) is 0 Å². The summed E-state index contributed by atoms with van der Waals surface area (Å²) in [6.07, 6.45) is 19.5. The number of piperazine rings is 1. The molecule has 9 heteroatoms. The van der Waals surface area contributed by atoms with E-state index in [1.165, 1.54) is 70.8 Å². The van der Waals surface area contributed by atoms with Gasteiger partial charge in [-0.2, -0.15) is 0 Å². The first-order chi connectivity index (χ1) is 18.6. The molecule has 0 aromatic carbocycles. The van der Waals surface area contributed by atoms with Gasteiger partial charge in [0, 0.05) is 38.9 Å². The summed E-state index contributed by atoms with van der Waals surface area (Å²) in [4.78, 5) is 36.2. The topological polar surface area (TPSA) is 101 Å². The van der Waals surface area contributed by atoms with Crippen LogP contribution in [0.4, 0.5) is 5.82 Å². The highest BCUT2D eigenvalue weighted by Gasteiger charge is 2.17. The van der Waals surface area contributed by atoms with E-state index in [0.717, 1.165) is 70.6 Å². The Morgan fingerprint density at radius 1 is 0.895 bits per heavy atom. The first kappa shape index (κ1) is 31.8. The van der Waals surface area contributed by atoms with Crippen LogP contribution in [0.15, 0.2) is 18.3 Å². The summed E-state index contributed by atoms with van der Waals surface area (Å²) >= 11 is 0. The fourth-order valence-corrected chi connectivity index (χ4v) is 5.02. The Morgan fingerprint density at radius 3 is 1.95 bits per heavy atom. The molecule has 1 saturated heterocycles. The van der Waals surface area contributed by atoms with E-state index >= 15 is 0 Å². The number of amides is 1. The van der Waals surface area contributed by atoms with E-state index in [0.29, 0.717) is 5.56 Å². The summed E-state index contributed by atoms with van der Waals surface area (Å²) in [5.41, 5.74) is 0.640. The smallest absolute Gasteiger partial charge is 0.294 e. The minimum Gasteiger partial charge on any atom is -0.354 e. The van der Waals surface area contributed by atoms with Crippen molar-refractivity contribution in [2.75, 3.05) is 50.8 Å². The average Bonchev–Trinajstić information content (AvgIpc) is 2.93. The molecule has 1 fully saturated rings.